The third-order valence-corrected chi connectivity index (χ3v) is 8.60. The summed E-state index contributed by atoms with van der Waals surface area (Å²) >= 11 is 0. The molecule has 2 aromatic rings. The second kappa shape index (κ2) is 9.46. The summed E-state index contributed by atoms with van der Waals surface area (Å²) in [5.74, 6) is -2.74. The Morgan fingerprint density at radius 2 is 1.68 bits per heavy atom. The summed E-state index contributed by atoms with van der Waals surface area (Å²) in [5.41, 5.74) is 0.852. The van der Waals surface area contributed by atoms with Crippen LogP contribution in [0.15, 0.2) is 23.1 Å². The monoisotopic (exact) mass is 494 g/mol. The average Bonchev–Trinajstić information content (AvgIpc) is 3.44. The van der Waals surface area contributed by atoms with E-state index in [0.29, 0.717) is 24.5 Å². The van der Waals surface area contributed by atoms with Crippen molar-refractivity contribution in [2.24, 2.45) is 5.92 Å². The van der Waals surface area contributed by atoms with E-state index < -0.39 is 33.5 Å². The first kappa shape index (κ1) is 24.3. The van der Waals surface area contributed by atoms with E-state index in [1.807, 2.05) is 0 Å². The summed E-state index contributed by atoms with van der Waals surface area (Å²) in [6.45, 7) is 4.69. The number of carbonyl (C=O) groups excluding carboxylic acids is 2. The lowest BCUT2D eigenvalue weighted by atomic mass is 9.97. The molecule has 2 saturated heterocycles. The van der Waals surface area contributed by atoms with Crippen LogP contribution in [-0.4, -0.2) is 60.6 Å². The average molecular weight is 495 g/mol. The normalized spacial score (nSPS) is 17.8. The first-order chi connectivity index (χ1) is 16.1. The Balaban J connectivity index is 1.49. The third-order valence-electron chi connectivity index (χ3n) is 6.53. The van der Waals surface area contributed by atoms with Crippen molar-refractivity contribution in [3.05, 3.63) is 46.8 Å². The number of amides is 2. The molecule has 2 N–H and O–H groups in total. The van der Waals surface area contributed by atoms with E-state index in [9.17, 15) is 26.8 Å². The van der Waals surface area contributed by atoms with Gasteiger partial charge in [-0.1, -0.05) is 0 Å². The van der Waals surface area contributed by atoms with Gasteiger partial charge >= 0.3 is 0 Å². The standard InChI is InChI=1S/C23H28F2N4O4S/c1-14-20(23(31)28-9-3-4-10-28)21(15(2)26-14)34(32,33)29-11-7-16(8-12-29)22(30)27-19-13-17(24)5-6-18(19)25/h5-6,13,16,26H,3-4,7-12H2,1-2H3,(H,27,30). The molecule has 0 spiro atoms. The number of anilines is 1. The summed E-state index contributed by atoms with van der Waals surface area (Å²) in [6, 6.07) is 2.80. The van der Waals surface area contributed by atoms with E-state index in [0.717, 1.165) is 31.0 Å². The quantitative estimate of drug-likeness (QED) is 0.667. The number of benzene rings is 1. The van der Waals surface area contributed by atoms with Gasteiger partial charge in [-0.05, 0) is 51.7 Å². The van der Waals surface area contributed by atoms with Crippen molar-refractivity contribution in [2.75, 3.05) is 31.5 Å². The molecular formula is C23H28F2N4O4S. The lowest BCUT2D eigenvalue weighted by molar-refractivity contribution is -0.120. The fourth-order valence-corrected chi connectivity index (χ4v) is 6.62. The number of aromatic amines is 1. The minimum absolute atomic E-state index is 0.00775. The summed E-state index contributed by atoms with van der Waals surface area (Å²) in [6.07, 6.45) is 2.23. The molecule has 2 amide bonds. The third kappa shape index (κ3) is 4.58. The molecule has 0 unspecified atom stereocenters. The van der Waals surface area contributed by atoms with Crippen molar-refractivity contribution in [3.8, 4) is 0 Å². The zero-order valence-corrected chi connectivity index (χ0v) is 20.0. The molecule has 0 saturated carbocycles. The highest BCUT2D eigenvalue weighted by Crippen LogP contribution is 2.32. The molecule has 4 rings (SSSR count). The van der Waals surface area contributed by atoms with Crippen molar-refractivity contribution in [1.29, 1.82) is 0 Å². The topological polar surface area (TPSA) is 103 Å². The van der Waals surface area contributed by atoms with Crippen LogP contribution in [0.2, 0.25) is 0 Å². The number of rotatable bonds is 5. The Morgan fingerprint density at radius 1 is 1.03 bits per heavy atom. The van der Waals surface area contributed by atoms with Crippen LogP contribution in [0.5, 0.6) is 0 Å². The van der Waals surface area contributed by atoms with Gasteiger partial charge in [0.1, 0.15) is 16.5 Å². The maximum Gasteiger partial charge on any atom is 0.257 e. The fraction of sp³-hybridized carbons (Fsp3) is 0.478. The number of halogens is 2. The van der Waals surface area contributed by atoms with Gasteiger partial charge < -0.3 is 15.2 Å². The highest BCUT2D eigenvalue weighted by molar-refractivity contribution is 7.89. The minimum atomic E-state index is -3.98. The number of sulfonamides is 1. The van der Waals surface area contributed by atoms with Crippen LogP contribution >= 0.6 is 0 Å². The molecule has 1 aromatic carbocycles. The van der Waals surface area contributed by atoms with Crippen LogP contribution in [0, 0.1) is 31.4 Å². The molecule has 8 nitrogen and oxygen atoms in total. The van der Waals surface area contributed by atoms with Crippen LogP contribution in [-0.2, 0) is 14.8 Å². The molecule has 2 aliphatic heterocycles. The number of H-pyrrole nitrogens is 1. The molecule has 3 heterocycles. The summed E-state index contributed by atoms with van der Waals surface area (Å²) < 4.78 is 55.6. The molecule has 1 aromatic heterocycles. The number of likely N-dealkylation sites (tertiary alicyclic amines) is 1. The van der Waals surface area contributed by atoms with Gasteiger partial charge in [0.15, 0.2) is 0 Å². The molecule has 0 radical (unpaired) electrons. The molecular weight excluding hydrogens is 466 g/mol. The van der Waals surface area contributed by atoms with Gasteiger partial charge in [-0.2, -0.15) is 4.31 Å². The summed E-state index contributed by atoms with van der Waals surface area (Å²) in [5, 5.41) is 2.40. The Kier molecular flexibility index (Phi) is 6.77. The molecule has 2 fully saturated rings. The zero-order valence-electron chi connectivity index (χ0n) is 19.2. The number of nitrogens with one attached hydrogen (secondary N) is 2. The lowest BCUT2D eigenvalue weighted by Gasteiger charge is -2.31. The number of piperidine rings is 1. The Morgan fingerprint density at radius 3 is 2.32 bits per heavy atom. The van der Waals surface area contributed by atoms with E-state index in [2.05, 4.69) is 10.3 Å². The van der Waals surface area contributed by atoms with E-state index in [-0.39, 0.29) is 48.0 Å². The molecule has 0 aliphatic carbocycles. The molecule has 34 heavy (non-hydrogen) atoms. The van der Waals surface area contributed by atoms with Gasteiger partial charge in [0.05, 0.1) is 11.3 Å². The maximum absolute atomic E-state index is 13.9. The maximum atomic E-state index is 13.9. The van der Waals surface area contributed by atoms with Crippen molar-refractivity contribution in [2.45, 2.75) is 44.4 Å². The highest BCUT2D eigenvalue weighted by atomic mass is 32.2. The summed E-state index contributed by atoms with van der Waals surface area (Å²) in [7, 11) is -3.98. The lowest BCUT2D eigenvalue weighted by Crippen LogP contribution is -2.42. The van der Waals surface area contributed by atoms with E-state index in [1.54, 1.807) is 18.7 Å². The molecule has 0 atom stereocenters. The second-order valence-corrected chi connectivity index (χ2v) is 10.7. The molecule has 184 valence electrons. The number of aromatic nitrogens is 1. The van der Waals surface area contributed by atoms with Crippen LogP contribution in [0.1, 0.15) is 47.4 Å². The van der Waals surface area contributed by atoms with Crippen LogP contribution in [0.3, 0.4) is 0 Å². The largest absolute Gasteiger partial charge is 0.361 e. The van der Waals surface area contributed by atoms with E-state index >= 15 is 0 Å². The fourth-order valence-electron chi connectivity index (χ4n) is 4.73. The van der Waals surface area contributed by atoms with Crippen LogP contribution in [0.4, 0.5) is 14.5 Å². The van der Waals surface area contributed by atoms with Crippen molar-refractivity contribution in [3.63, 3.8) is 0 Å². The number of nitrogens with zero attached hydrogens (tertiary/aromatic N) is 2. The number of hydrogen-bond acceptors (Lipinski definition) is 4. The number of carbonyl (C=O) groups is 2. The van der Waals surface area contributed by atoms with Crippen LogP contribution in [0.25, 0.3) is 0 Å². The number of hydrogen-bond donors (Lipinski definition) is 2. The van der Waals surface area contributed by atoms with Gasteiger partial charge in [-0.3, -0.25) is 9.59 Å². The Hall–Kier alpha value is -2.79. The predicted octanol–water partition coefficient (Wildman–Crippen LogP) is 3.19. The second-order valence-electron chi connectivity index (χ2n) is 8.87. The minimum Gasteiger partial charge on any atom is -0.361 e. The predicted molar refractivity (Wildman–Crippen MR) is 122 cm³/mol. The van der Waals surface area contributed by atoms with Gasteiger partial charge in [-0.15, -0.1) is 0 Å². The SMILES string of the molecule is Cc1[nH]c(C)c(S(=O)(=O)N2CCC(C(=O)Nc3cc(F)ccc3F)CC2)c1C(=O)N1CCCC1. The first-order valence-electron chi connectivity index (χ1n) is 11.3. The smallest absolute Gasteiger partial charge is 0.257 e. The van der Waals surface area contributed by atoms with Crippen molar-refractivity contribution >= 4 is 27.5 Å². The first-order valence-corrected chi connectivity index (χ1v) is 12.8. The summed E-state index contributed by atoms with van der Waals surface area (Å²) in [4.78, 5) is 30.4. The molecule has 2 aliphatic rings. The zero-order chi connectivity index (χ0) is 24.6. The Bertz CT molecular complexity index is 1210. The van der Waals surface area contributed by atoms with Crippen molar-refractivity contribution < 1.29 is 26.8 Å². The van der Waals surface area contributed by atoms with Gasteiger partial charge in [-0.25, -0.2) is 17.2 Å². The van der Waals surface area contributed by atoms with E-state index in [1.165, 1.54) is 4.31 Å². The Labute approximate surface area is 197 Å². The number of aryl methyl sites for hydroxylation is 2. The molecule has 0 bridgehead atoms. The van der Waals surface area contributed by atoms with Gasteiger partial charge in [0, 0.05) is 49.6 Å². The van der Waals surface area contributed by atoms with Crippen LogP contribution < -0.4 is 5.32 Å². The van der Waals surface area contributed by atoms with Gasteiger partial charge in [0.2, 0.25) is 15.9 Å². The van der Waals surface area contributed by atoms with Gasteiger partial charge in [0.25, 0.3) is 5.91 Å². The van der Waals surface area contributed by atoms with E-state index in [4.69, 9.17) is 0 Å². The van der Waals surface area contributed by atoms with Crippen molar-refractivity contribution in [1.82, 2.24) is 14.2 Å². The molecule has 11 heteroatoms. The highest BCUT2D eigenvalue weighted by Gasteiger charge is 2.38.